The average Bonchev–Trinajstić information content (AvgIpc) is 2.59. The molecule has 5 heteroatoms. The van der Waals surface area contributed by atoms with Crippen LogP contribution in [-0.4, -0.2) is 36.2 Å². The minimum absolute atomic E-state index is 0.298. The van der Waals surface area contributed by atoms with Gasteiger partial charge in [0.15, 0.2) is 0 Å². The number of ether oxygens (including phenoxy) is 1. The van der Waals surface area contributed by atoms with Crippen molar-refractivity contribution < 1.29 is 14.6 Å². The summed E-state index contributed by atoms with van der Waals surface area (Å²) in [5, 5.41) is 17.6. The monoisotopic (exact) mass is 324 g/mol. The van der Waals surface area contributed by atoms with E-state index < -0.39 is 5.97 Å². The maximum Gasteiger partial charge on any atom is 0.335 e. The highest BCUT2D eigenvalue weighted by Crippen LogP contribution is 2.08. The van der Waals surface area contributed by atoms with Gasteiger partial charge in [0.05, 0.1) is 30.4 Å². The third kappa shape index (κ3) is 5.51. The molecule has 0 unspecified atom stereocenters. The SMILES string of the molecule is CN(CCOCc1ccc(C#N)cc1)Cc1ccc(C(=O)O)cc1. The third-order valence-electron chi connectivity index (χ3n) is 3.62. The van der Waals surface area contributed by atoms with E-state index in [1.54, 1.807) is 24.3 Å². The fourth-order valence-corrected chi connectivity index (χ4v) is 2.23. The standard InChI is InChI=1S/C19H20N2O3/c1-21(13-16-6-8-18(9-7-16)19(22)23)10-11-24-14-17-4-2-15(12-20)3-5-17/h2-9H,10-11,13-14H2,1H3,(H,22,23). The molecule has 0 spiro atoms. The van der Waals surface area contributed by atoms with Crippen LogP contribution < -0.4 is 0 Å². The fourth-order valence-electron chi connectivity index (χ4n) is 2.23. The van der Waals surface area contributed by atoms with Gasteiger partial charge < -0.3 is 9.84 Å². The van der Waals surface area contributed by atoms with Gasteiger partial charge in [-0.2, -0.15) is 5.26 Å². The number of carboxylic acids is 1. The lowest BCUT2D eigenvalue weighted by molar-refractivity contribution is 0.0697. The number of carbonyl (C=O) groups is 1. The van der Waals surface area contributed by atoms with Crippen LogP contribution in [0.5, 0.6) is 0 Å². The highest BCUT2D eigenvalue weighted by Gasteiger charge is 2.04. The molecule has 2 aromatic carbocycles. The van der Waals surface area contributed by atoms with Crippen molar-refractivity contribution in [1.29, 1.82) is 5.26 Å². The van der Waals surface area contributed by atoms with Gasteiger partial charge in [0.1, 0.15) is 0 Å². The molecule has 24 heavy (non-hydrogen) atoms. The van der Waals surface area contributed by atoms with E-state index >= 15 is 0 Å². The number of likely N-dealkylation sites (N-methyl/N-ethyl adjacent to an activating group) is 1. The van der Waals surface area contributed by atoms with E-state index in [9.17, 15) is 4.79 Å². The first-order valence-electron chi connectivity index (χ1n) is 7.66. The van der Waals surface area contributed by atoms with Crippen molar-refractivity contribution in [3.63, 3.8) is 0 Å². The Morgan fingerprint density at radius 1 is 1.12 bits per heavy atom. The van der Waals surface area contributed by atoms with Crippen LogP contribution in [0.3, 0.4) is 0 Å². The molecule has 5 nitrogen and oxygen atoms in total. The predicted octanol–water partition coefficient (Wildman–Crippen LogP) is 2.91. The van der Waals surface area contributed by atoms with Crippen molar-refractivity contribution in [2.24, 2.45) is 0 Å². The van der Waals surface area contributed by atoms with E-state index in [1.807, 2.05) is 31.3 Å². The quantitative estimate of drug-likeness (QED) is 0.756. The largest absolute Gasteiger partial charge is 0.478 e. The minimum Gasteiger partial charge on any atom is -0.478 e. The third-order valence-corrected chi connectivity index (χ3v) is 3.62. The number of hydrogen-bond acceptors (Lipinski definition) is 4. The van der Waals surface area contributed by atoms with E-state index in [1.165, 1.54) is 0 Å². The Hall–Kier alpha value is -2.68. The minimum atomic E-state index is -0.911. The summed E-state index contributed by atoms with van der Waals surface area (Å²) in [5.41, 5.74) is 3.05. The van der Waals surface area contributed by atoms with E-state index in [2.05, 4.69) is 11.0 Å². The van der Waals surface area contributed by atoms with Gasteiger partial charge in [0.2, 0.25) is 0 Å². The van der Waals surface area contributed by atoms with Crippen LogP contribution in [0.4, 0.5) is 0 Å². The maximum absolute atomic E-state index is 10.8. The molecule has 0 aliphatic carbocycles. The molecule has 0 aliphatic heterocycles. The summed E-state index contributed by atoms with van der Waals surface area (Å²) >= 11 is 0. The highest BCUT2D eigenvalue weighted by atomic mass is 16.5. The van der Waals surface area contributed by atoms with Crippen LogP contribution in [0.1, 0.15) is 27.0 Å². The zero-order valence-corrected chi connectivity index (χ0v) is 13.6. The van der Waals surface area contributed by atoms with E-state index in [0.29, 0.717) is 24.3 Å². The number of hydrogen-bond donors (Lipinski definition) is 1. The Bertz CT molecular complexity index is 703. The van der Waals surface area contributed by atoms with Crippen LogP contribution >= 0.6 is 0 Å². The van der Waals surface area contributed by atoms with E-state index in [-0.39, 0.29) is 0 Å². The number of rotatable bonds is 8. The van der Waals surface area contributed by atoms with Crippen molar-refractivity contribution in [2.45, 2.75) is 13.2 Å². The summed E-state index contributed by atoms with van der Waals surface area (Å²) in [4.78, 5) is 12.9. The molecular formula is C19H20N2O3. The smallest absolute Gasteiger partial charge is 0.335 e. The summed E-state index contributed by atoms with van der Waals surface area (Å²) in [6.45, 7) is 2.63. The molecule has 0 fully saturated rings. The van der Waals surface area contributed by atoms with Crippen molar-refractivity contribution in [1.82, 2.24) is 4.90 Å². The number of nitriles is 1. The van der Waals surface area contributed by atoms with Crippen LogP contribution in [0.2, 0.25) is 0 Å². The summed E-state index contributed by atoms with van der Waals surface area (Å²) in [7, 11) is 2.00. The first-order chi connectivity index (χ1) is 11.6. The van der Waals surface area contributed by atoms with Crippen molar-refractivity contribution in [3.05, 3.63) is 70.8 Å². The second-order valence-electron chi connectivity index (χ2n) is 5.60. The van der Waals surface area contributed by atoms with Crippen LogP contribution in [-0.2, 0) is 17.9 Å². The molecule has 0 atom stereocenters. The zero-order valence-electron chi connectivity index (χ0n) is 13.6. The van der Waals surface area contributed by atoms with Crippen molar-refractivity contribution in [2.75, 3.05) is 20.2 Å². The van der Waals surface area contributed by atoms with Crippen LogP contribution in [0.15, 0.2) is 48.5 Å². The van der Waals surface area contributed by atoms with Gasteiger partial charge >= 0.3 is 5.97 Å². The first kappa shape index (κ1) is 17.7. The fraction of sp³-hybridized carbons (Fsp3) is 0.263. The molecule has 0 saturated heterocycles. The van der Waals surface area contributed by atoms with E-state index in [0.717, 1.165) is 24.2 Å². The highest BCUT2D eigenvalue weighted by molar-refractivity contribution is 5.87. The molecule has 2 aromatic rings. The Kier molecular flexibility index (Phi) is 6.50. The molecular weight excluding hydrogens is 304 g/mol. The van der Waals surface area contributed by atoms with Gasteiger partial charge in [-0.3, -0.25) is 4.90 Å². The maximum atomic E-state index is 10.8. The molecule has 0 aliphatic rings. The van der Waals surface area contributed by atoms with Crippen molar-refractivity contribution in [3.8, 4) is 6.07 Å². The number of carboxylic acid groups (broad SMARTS) is 1. The molecule has 0 amide bonds. The van der Waals surface area contributed by atoms with Gasteiger partial charge in [0, 0.05) is 13.1 Å². The van der Waals surface area contributed by atoms with Gasteiger partial charge in [-0.05, 0) is 42.4 Å². The molecule has 0 bridgehead atoms. The topological polar surface area (TPSA) is 73.6 Å². The summed E-state index contributed by atoms with van der Waals surface area (Å²) in [6.07, 6.45) is 0. The molecule has 1 N–H and O–H groups in total. The average molecular weight is 324 g/mol. The second kappa shape index (κ2) is 8.82. The Morgan fingerprint density at radius 3 is 2.33 bits per heavy atom. The molecule has 124 valence electrons. The second-order valence-corrected chi connectivity index (χ2v) is 5.60. The van der Waals surface area contributed by atoms with Crippen LogP contribution in [0.25, 0.3) is 0 Å². The summed E-state index contributed by atoms with van der Waals surface area (Å²) in [6, 6.07) is 16.3. The molecule has 0 heterocycles. The van der Waals surface area contributed by atoms with Gasteiger partial charge in [-0.25, -0.2) is 4.79 Å². The van der Waals surface area contributed by atoms with Gasteiger partial charge in [0.25, 0.3) is 0 Å². The van der Waals surface area contributed by atoms with Crippen LogP contribution in [0, 0.1) is 11.3 Å². The number of benzene rings is 2. The zero-order chi connectivity index (χ0) is 17.4. The lowest BCUT2D eigenvalue weighted by Gasteiger charge is -2.16. The van der Waals surface area contributed by atoms with E-state index in [4.69, 9.17) is 15.1 Å². The normalized spacial score (nSPS) is 10.5. The first-order valence-corrected chi connectivity index (χ1v) is 7.66. The van der Waals surface area contributed by atoms with Crippen molar-refractivity contribution >= 4 is 5.97 Å². The lowest BCUT2D eigenvalue weighted by atomic mass is 10.1. The predicted molar refractivity (Wildman–Crippen MR) is 90.5 cm³/mol. The molecule has 0 saturated carbocycles. The molecule has 0 radical (unpaired) electrons. The van der Waals surface area contributed by atoms with Gasteiger partial charge in [-0.15, -0.1) is 0 Å². The number of aromatic carboxylic acids is 1. The lowest BCUT2D eigenvalue weighted by Crippen LogP contribution is -2.22. The summed E-state index contributed by atoms with van der Waals surface area (Å²) < 4.78 is 5.65. The Labute approximate surface area is 141 Å². The Balaban J connectivity index is 1.70. The molecule has 0 aromatic heterocycles. The summed E-state index contributed by atoms with van der Waals surface area (Å²) in [5.74, 6) is -0.911. The molecule has 2 rings (SSSR count). The Morgan fingerprint density at radius 2 is 1.75 bits per heavy atom. The van der Waals surface area contributed by atoms with Gasteiger partial charge in [-0.1, -0.05) is 24.3 Å². The number of nitrogens with zero attached hydrogens (tertiary/aromatic N) is 2.